The first-order chi connectivity index (χ1) is 12.2. The Morgan fingerprint density at radius 3 is 2.92 bits per heavy atom. The zero-order valence-electron chi connectivity index (χ0n) is 14.1. The quantitative estimate of drug-likeness (QED) is 0.881. The molecule has 2 aliphatic heterocycles. The number of fused-ring (bicyclic) bond motifs is 1. The van der Waals surface area contributed by atoms with E-state index in [-0.39, 0.29) is 24.0 Å². The summed E-state index contributed by atoms with van der Waals surface area (Å²) >= 11 is 0. The van der Waals surface area contributed by atoms with Gasteiger partial charge in [0.1, 0.15) is 6.54 Å². The Bertz CT molecular complexity index is 792. The predicted molar refractivity (Wildman–Crippen MR) is 91.9 cm³/mol. The fourth-order valence-corrected chi connectivity index (χ4v) is 3.62. The summed E-state index contributed by atoms with van der Waals surface area (Å²) in [5.41, 5.74) is 0.653. The van der Waals surface area contributed by atoms with Crippen LogP contribution in [-0.2, 0) is 20.9 Å². The lowest BCUT2D eigenvalue weighted by Crippen LogP contribution is -2.52. The summed E-state index contributed by atoms with van der Waals surface area (Å²) in [4.78, 5) is 26.0. The van der Waals surface area contributed by atoms with E-state index in [0.717, 1.165) is 23.7 Å². The number of ether oxygens (including phenoxy) is 1. The van der Waals surface area contributed by atoms with Crippen LogP contribution in [0.5, 0.6) is 0 Å². The molecule has 0 radical (unpaired) electrons. The first-order valence-electron chi connectivity index (χ1n) is 8.74. The molecule has 132 valence electrons. The smallest absolute Gasteiger partial charge is 0.244 e. The van der Waals surface area contributed by atoms with Crippen molar-refractivity contribution in [1.29, 1.82) is 0 Å². The van der Waals surface area contributed by atoms with Crippen LogP contribution < -0.4 is 5.32 Å². The van der Waals surface area contributed by atoms with E-state index in [9.17, 15) is 9.59 Å². The Kier molecular flexibility index (Phi) is 4.17. The van der Waals surface area contributed by atoms with Crippen LogP contribution >= 0.6 is 0 Å². The van der Waals surface area contributed by atoms with Crippen LogP contribution in [0.1, 0.15) is 19.3 Å². The number of likely N-dealkylation sites (tertiary alicyclic amines) is 1. The van der Waals surface area contributed by atoms with E-state index < -0.39 is 0 Å². The van der Waals surface area contributed by atoms with Gasteiger partial charge in [-0.2, -0.15) is 5.10 Å². The van der Waals surface area contributed by atoms with E-state index in [4.69, 9.17) is 4.74 Å². The van der Waals surface area contributed by atoms with Gasteiger partial charge in [0.2, 0.25) is 11.8 Å². The topological polar surface area (TPSA) is 76.5 Å². The van der Waals surface area contributed by atoms with Crippen LogP contribution in [0, 0.1) is 0 Å². The van der Waals surface area contributed by atoms with E-state index in [1.54, 1.807) is 10.9 Å². The Hall–Kier alpha value is -2.41. The molecular weight excluding hydrogens is 320 g/mol. The van der Waals surface area contributed by atoms with Gasteiger partial charge in [-0.05, 0) is 18.9 Å². The maximum absolute atomic E-state index is 12.7. The van der Waals surface area contributed by atoms with Crippen molar-refractivity contribution >= 4 is 22.7 Å². The van der Waals surface area contributed by atoms with Crippen molar-refractivity contribution in [2.75, 3.05) is 26.2 Å². The van der Waals surface area contributed by atoms with E-state index in [2.05, 4.69) is 10.4 Å². The minimum atomic E-state index is -0.318. The molecule has 1 spiro atoms. The fraction of sp³-hybridized carbons (Fsp3) is 0.500. The fourth-order valence-electron chi connectivity index (χ4n) is 3.62. The van der Waals surface area contributed by atoms with Crippen LogP contribution in [0.4, 0.5) is 0 Å². The van der Waals surface area contributed by atoms with Gasteiger partial charge in [0.05, 0.1) is 23.9 Å². The number of nitrogens with zero attached hydrogens (tertiary/aromatic N) is 3. The predicted octanol–water partition coefficient (Wildman–Crippen LogP) is 0.934. The second-order valence-electron chi connectivity index (χ2n) is 6.80. The van der Waals surface area contributed by atoms with Gasteiger partial charge in [0.25, 0.3) is 0 Å². The standard InChI is InChI=1S/C18H22N4O3/c23-16-5-10-25-18(13-19-16)6-8-21(9-7-18)17(24)12-22-15-4-2-1-3-14(15)11-20-22/h1-4,11H,5-10,12-13H2,(H,19,23). The Labute approximate surface area is 145 Å². The summed E-state index contributed by atoms with van der Waals surface area (Å²) in [5.74, 6) is 0.113. The van der Waals surface area contributed by atoms with Gasteiger partial charge in [-0.1, -0.05) is 18.2 Å². The molecule has 0 aliphatic carbocycles. The van der Waals surface area contributed by atoms with Gasteiger partial charge in [-0.25, -0.2) is 0 Å². The molecule has 25 heavy (non-hydrogen) atoms. The number of benzene rings is 1. The van der Waals surface area contributed by atoms with E-state index in [0.29, 0.717) is 32.7 Å². The van der Waals surface area contributed by atoms with Crippen LogP contribution in [-0.4, -0.2) is 58.3 Å². The number of aromatic nitrogens is 2. The molecule has 4 rings (SSSR count). The minimum absolute atomic E-state index is 0.0425. The van der Waals surface area contributed by atoms with Crippen LogP contribution in [0.2, 0.25) is 0 Å². The molecule has 1 aromatic carbocycles. The average Bonchev–Trinajstić information content (AvgIpc) is 2.95. The number of nitrogens with one attached hydrogen (secondary N) is 1. The summed E-state index contributed by atoms with van der Waals surface area (Å²) in [6, 6.07) is 7.88. The molecular formula is C18H22N4O3. The van der Waals surface area contributed by atoms with Crippen molar-refractivity contribution in [2.24, 2.45) is 0 Å². The molecule has 2 saturated heterocycles. The highest BCUT2D eigenvalue weighted by molar-refractivity contribution is 5.82. The SMILES string of the molecule is O=C1CCOC2(CCN(C(=O)Cn3ncc4ccccc43)CC2)CN1. The zero-order valence-corrected chi connectivity index (χ0v) is 14.1. The van der Waals surface area contributed by atoms with Crippen LogP contribution in [0.3, 0.4) is 0 Å². The third-order valence-electron chi connectivity index (χ3n) is 5.21. The Balaban J connectivity index is 1.39. The summed E-state index contributed by atoms with van der Waals surface area (Å²) in [7, 11) is 0. The van der Waals surface area contributed by atoms with Crippen molar-refractivity contribution in [3.05, 3.63) is 30.5 Å². The van der Waals surface area contributed by atoms with Crippen LogP contribution in [0.15, 0.2) is 30.5 Å². The molecule has 2 aliphatic rings. The number of para-hydroxylation sites is 1. The maximum Gasteiger partial charge on any atom is 0.244 e. The van der Waals surface area contributed by atoms with E-state index in [1.807, 2.05) is 29.2 Å². The largest absolute Gasteiger partial charge is 0.372 e. The number of hydrogen-bond donors (Lipinski definition) is 1. The van der Waals surface area contributed by atoms with Gasteiger partial charge in [0.15, 0.2) is 0 Å². The van der Waals surface area contributed by atoms with Gasteiger partial charge in [-0.3, -0.25) is 14.3 Å². The molecule has 1 aromatic heterocycles. The van der Waals surface area contributed by atoms with E-state index in [1.165, 1.54) is 0 Å². The summed E-state index contributed by atoms with van der Waals surface area (Å²) in [5, 5.41) is 8.29. The monoisotopic (exact) mass is 342 g/mol. The number of piperidine rings is 1. The molecule has 2 fully saturated rings. The summed E-state index contributed by atoms with van der Waals surface area (Å²) in [6.45, 7) is 2.54. The zero-order chi connectivity index (χ0) is 17.3. The van der Waals surface area contributed by atoms with Crippen molar-refractivity contribution in [1.82, 2.24) is 20.0 Å². The van der Waals surface area contributed by atoms with Crippen molar-refractivity contribution < 1.29 is 14.3 Å². The number of rotatable bonds is 2. The molecule has 2 amide bonds. The van der Waals surface area contributed by atoms with E-state index >= 15 is 0 Å². The molecule has 2 aromatic rings. The highest BCUT2D eigenvalue weighted by atomic mass is 16.5. The lowest BCUT2D eigenvalue weighted by atomic mass is 9.91. The number of amides is 2. The van der Waals surface area contributed by atoms with Crippen molar-refractivity contribution in [3.8, 4) is 0 Å². The lowest BCUT2D eigenvalue weighted by molar-refractivity contribution is -0.138. The molecule has 7 heteroatoms. The number of carbonyl (C=O) groups is 2. The van der Waals surface area contributed by atoms with Crippen LogP contribution in [0.25, 0.3) is 10.9 Å². The highest BCUT2D eigenvalue weighted by Crippen LogP contribution is 2.27. The summed E-state index contributed by atoms with van der Waals surface area (Å²) < 4.78 is 7.71. The molecule has 7 nitrogen and oxygen atoms in total. The molecule has 0 saturated carbocycles. The second-order valence-corrected chi connectivity index (χ2v) is 6.80. The third kappa shape index (κ3) is 3.24. The molecule has 3 heterocycles. The Morgan fingerprint density at radius 1 is 1.28 bits per heavy atom. The summed E-state index contributed by atoms with van der Waals surface area (Å²) in [6.07, 6.45) is 3.70. The highest BCUT2D eigenvalue weighted by Gasteiger charge is 2.38. The van der Waals surface area contributed by atoms with Gasteiger partial charge in [-0.15, -0.1) is 0 Å². The van der Waals surface area contributed by atoms with Gasteiger partial charge < -0.3 is 15.0 Å². The molecule has 0 unspecified atom stereocenters. The first kappa shape index (κ1) is 16.1. The third-order valence-corrected chi connectivity index (χ3v) is 5.21. The lowest BCUT2D eigenvalue weighted by Gasteiger charge is -2.40. The van der Waals surface area contributed by atoms with Gasteiger partial charge in [0, 0.05) is 31.4 Å². The maximum atomic E-state index is 12.7. The molecule has 0 bridgehead atoms. The molecule has 0 atom stereocenters. The van der Waals surface area contributed by atoms with Crippen molar-refractivity contribution in [2.45, 2.75) is 31.4 Å². The van der Waals surface area contributed by atoms with Gasteiger partial charge >= 0.3 is 0 Å². The normalized spacial score (nSPS) is 20.5. The number of hydrogen-bond acceptors (Lipinski definition) is 4. The first-order valence-corrected chi connectivity index (χ1v) is 8.74. The number of carbonyl (C=O) groups excluding carboxylic acids is 2. The average molecular weight is 342 g/mol. The van der Waals surface area contributed by atoms with Crippen molar-refractivity contribution in [3.63, 3.8) is 0 Å². The molecule has 1 N–H and O–H groups in total. The second kappa shape index (κ2) is 6.48. The minimum Gasteiger partial charge on any atom is -0.372 e. The Morgan fingerprint density at radius 2 is 2.08 bits per heavy atom.